The van der Waals surface area contributed by atoms with Gasteiger partial charge in [0.1, 0.15) is 22.9 Å². The van der Waals surface area contributed by atoms with E-state index in [0.29, 0.717) is 5.56 Å². The second kappa shape index (κ2) is 6.11. The molecule has 0 atom stereocenters. The van der Waals surface area contributed by atoms with Gasteiger partial charge in [0, 0.05) is 24.4 Å². The van der Waals surface area contributed by atoms with Gasteiger partial charge in [0.05, 0.1) is 23.6 Å². The van der Waals surface area contributed by atoms with Crippen LogP contribution in [0.1, 0.15) is 21.5 Å². The molecule has 144 valence electrons. The van der Waals surface area contributed by atoms with Crippen LogP contribution < -0.4 is 5.32 Å². The monoisotopic (exact) mass is 394 g/mol. The number of halogens is 5. The molecule has 28 heavy (non-hydrogen) atoms. The molecule has 2 heterocycles. The van der Waals surface area contributed by atoms with Gasteiger partial charge in [-0.3, -0.25) is 14.5 Å². The van der Waals surface area contributed by atoms with Crippen molar-refractivity contribution < 1.29 is 26.7 Å². The summed E-state index contributed by atoms with van der Waals surface area (Å²) < 4.78 is 69.3. The maximum atomic E-state index is 14.6. The van der Waals surface area contributed by atoms with Crippen LogP contribution >= 0.6 is 0 Å². The van der Waals surface area contributed by atoms with Crippen molar-refractivity contribution in [2.75, 3.05) is 5.32 Å². The predicted octanol–water partition coefficient (Wildman–Crippen LogP) is 3.97. The smallest absolute Gasteiger partial charge is 0.322 e. The molecule has 1 aliphatic rings. The molecule has 10 heteroatoms. The van der Waals surface area contributed by atoms with Gasteiger partial charge in [-0.2, -0.15) is 18.3 Å². The van der Waals surface area contributed by atoms with E-state index in [9.17, 15) is 26.7 Å². The fourth-order valence-electron chi connectivity index (χ4n) is 3.12. The summed E-state index contributed by atoms with van der Waals surface area (Å²) >= 11 is 0. The van der Waals surface area contributed by atoms with Crippen LogP contribution in [0.2, 0.25) is 0 Å². The number of aryl methyl sites for hydroxylation is 1. The molecule has 1 aromatic heterocycles. The topological polar surface area (TPSA) is 59.3 Å². The molecule has 2 aromatic carbocycles. The van der Waals surface area contributed by atoms with Crippen molar-refractivity contribution in [2.24, 2.45) is 12.0 Å². The summed E-state index contributed by atoms with van der Waals surface area (Å²) in [5.74, 6) is -3.33. The molecule has 3 aromatic rings. The number of anilines is 1. The summed E-state index contributed by atoms with van der Waals surface area (Å²) in [6.07, 6.45) is -3.49. The highest BCUT2D eigenvalue weighted by Crippen LogP contribution is 2.32. The number of aliphatic imine (C=N–C) groups is 1. The van der Waals surface area contributed by atoms with Crippen molar-refractivity contribution >= 4 is 28.2 Å². The number of fused-ring (bicyclic) bond motifs is 2. The number of carbonyl (C=O) groups excluding carboxylic acids is 1. The molecule has 0 unspecified atom stereocenters. The van der Waals surface area contributed by atoms with Crippen LogP contribution in [0, 0.1) is 11.6 Å². The molecule has 1 amide bonds. The van der Waals surface area contributed by atoms with Gasteiger partial charge in [-0.05, 0) is 17.7 Å². The van der Waals surface area contributed by atoms with Crippen LogP contribution in [0.3, 0.4) is 0 Å². The van der Waals surface area contributed by atoms with E-state index in [1.54, 1.807) is 0 Å². The maximum absolute atomic E-state index is 14.6. The normalized spacial score (nSPS) is 13.6. The van der Waals surface area contributed by atoms with E-state index in [0.717, 1.165) is 18.3 Å². The number of alkyl halides is 3. The van der Waals surface area contributed by atoms with Crippen LogP contribution in [0.15, 0.2) is 35.5 Å². The molecule has 0 bridgehead atoms. The van der Waals surface area contributed by atoms with E-state index >= 15 is 0 Å². The van der Waals surface area contributed by atoms with Crippen LogP contribution in [0.25, 0.3) is 10.9 Å². The predicted molar refractivity (Wildman–Crippen MR) is 91.3 cm³/mol. The van der Waals surface area contributed by atoms with Crippen molar-refractivity contribution in [3.63, 3.8) is 0 Å². The second-order valence-corrected chi connectivity index (χ2v) is 6.24. The lowest BCUT2D eigenvalue weighted by molar-refractivity contribution is -0.0579. The Balaban J connectivity index is 1.69. The quantitative estimate of drug-likeness (QED) is 0.669. The minimum Gasteiger partial charge on any atom is -0.322 e. The van der Waals surface area contributed by atoms with Crippen LogP contribution in [-0.4, -0.2) is 27.6 Å². The van der Waals surface area contributed by atoms with Gasteiger partial charge in [-0.15, -0.1) is 0 Å². The molecule has 0 spiro atoms. The van der Waals surface area contributed by atoms with E-state index in [1.807, 2.05) is 0 Å². The molecule has 4 rings (SSSR count). The van der Waals surface area contributed by atoms with Crippen molar-refractivity contribution in [1.82, 2.24) is 9.78 Å². The summed E-state index contributed by atoms with van der Waals surface area (Å²) in [6, 6.07) is 4.79. The number of aromatic nitrogens is 2. The lowest BCUT2D eigenvalue weighted by Crippen LogP contribution is -2.23. The van der Waals surface area contributed by atoms with Crippen LogP contribution in [0.4, 0.5) is 27.6 Å². The largest absolute Gasteiger partial charge is 0.433 e. The number of amides is 1. The van der Waals surface area contributed by atoms with Gasteiger partial charge >= 0.3 is 6.18 Å². The Bertz CT molecular complexity index is 1160. The Kier molecular flexibility index (Phi) is 3.95. The molecule has 5 nitrogen and oxygen atoms in total. The van der Waals surface area contributed by atoms with Crippen molar-refractivity contribution in [2.45, 2.75) is 12.7 Å². The number of carbonyl (C=O) groups is 1. The van der Waals surface area contributed by atoms with E-state index < -0.39 is 35.0 Å². The minimum atomic E-state index is -4.64. The lowest BCUT2D eigenvalue weighted by Gasteiger charge is -2.11. The minimum absolute atomic E-state index is 0.0346. The second-order valence-electron chi connectivity index (χ2n) is 6.24. The zero-order valence-corrected chi connectivity index (χ0v) is 14.2. The number of hydrogen-bond acceptors (Lipinski definition) is 3. The maximum Gasteiger partial charge on any atom is 0.433 e. The van der Waals surface area contributed by atoms with Gasteiger partial charge in [0.25, 0.3) is 5.91 Å². The molecular weight excluding hydrogens is 383 g/mol. The zero-order chi connectivity index (χ0) is 20.2. The van der Waals surface area contributed by atoms with Crippen molar-refractivity contribution in [1.29, 1.82) is 0 Å². The molecular formula is C18H11F5N4O. The fraction of sp³-hybridized carbons (Fsp3) is 0.167. The van der Waals surface area contributed by atoms with Gasteiger partial charge in [-0.25, -0.2) is 8.78 Å². The Morgan fingerprint density at radius 2 is 1.96 bits per heavy atom. The zero-order valence-electron chi connectivity index (χ0n) is 14.2. The van der Waals surface area contributed by atoms with E-state index in [4.69, 9.17) is 0 Å². The molecule has 0 fully saturated rings. The number of rotatable bonds is 2. The number of hydrogen-bond donors (Lipinski definition) is 1. The highest BCUT2D eigenvalue weighted by molar-refractivity contribution is 6.10. The van der Waals surface area contributed by atoms with Gasteiger partial charge in [0.15, 0.2) is 0 Å². The van der Waals surface area contributed by atoms with Crippen molar-refractivity contribution in [3.8, 4) is 0 Å². The summed E-state index contributed by atoms with van der Waals surface area (Å²) in [6.45, 7) is -0.126. The summed E-state index contributed by atoms with van der Waals surface area (Å²) in [5, 5.41) is 6.01. The standard InChI is InChI=1S/C18H11F5N4O/c1-27-13-5-12(19)14(15(20)11(13)7-25-27)17(28)26-9-3-2-8-6-24-16(10(8)4-9)18(21,22)23/h2-5,7H,6H2,1H3,(H,26,28). The summed E-state index contributed by atoms with van der Waals surface area (Å²) in [7, 11) is 1.49. The van der Waals surface area contributed by atoms with Gasteiger partial charge < -0.3 is 5.32 Å². The summed E-state index contributed by atoms with van der Waals surface area (Å²) in [5.41, 5.74) is -1.59. The SMILES string of the molecule is Cn1ncc2c(F)c(C(=O)Nc3ccc4c(c3)C(C(F)(F)F)=NC4)c(F)cc21. The van der Waals surface area contributed by atoms with Gasteiger partial charge in [-0.1, -0.05) is 6.07 Å². The van der Waals surface area contributed by atoms with Crippen LogP contribution in [-0.2, 0) is 13.6 Å². The van der Waals surface area contributed by atoms with E-state index in [2.05, 4.69) is 15.4 Å². The molecule has 0 saturated heterocycles. The van der Waals surface area contributed by atoms with E-state index in [-0.39, 0.29) is 28.7 Å². The Hall–Kier alpha value is -3.30. The highest BCUT2D eigenvalue weighted by Gasteiger charge is 2.40. The third kappa shape index (κ3) is 2.81. The first-order chi connectivity index (χ1) is 13.2. The Morgan fingerprint density at radius 1 is 1.21 bits per heavy atom. The third-order valence-corrected chi connectivity index (χ3v) is 4.47. The first-order valence-electron chi connectivity index (χ1n) is 8.03. The summed E-state index contributed by atoms with van der Waals surface area (Å²) in [4.78, 5) is 15.9. The number of nitrogens with one attached hydrogen (secondary N) is 1. The Labute approximate surface area is 154 Å². The average Bonchev–Trinajstić information content (AvgIpc) is 3.18. The molecule has 0 saturated carbocycles. The first-order valence-corrected chi connectivity index (χ1v) is 8.03. The highest BCUT2D eigenvalue weighted by atomic mass is 19.4. The average molecular weight is 394 g/mol. The fourth-order valence-corrected chi connectivity index (χ4v) is 3.12. The first kappa shape index (κ1) is 18.1. The van der Waals surface area contributed by atoms with Crippen LogP contribution in [0.5, 0.6) is 0 Å². The molecule has 0 aliphatic carbocycles. The number of nitrogens with zero attached hydrogens (tertiary/aromatic N) is 3. The lowest BCUT2D eigenvalue weighted by atomic mass is 10.0. The number of benzene rings is 2. The Morgan fingerprint density at radius 3 is 2.68 bits per heavy atom. The molecule has 0 radical (unpaired) electrons. The molecule has 1 N–H and O–H groups in total. The van der Waals surface area contributed by atoms with E-state index in [1.165, 1.54) is 23.9 Å². The third-order valence-electron chi connectivity index (χ3n) is 4.47. The van der Waals surface area contributed by atoms with Gasteiger partial charge in [0.2, 0.25) is 0 Å². The van der Waals surface area contributed by atoms with Crippen molar-refractivity contribution in [3.05, 3.63) is 58.8 Å². The molecule has 1 aliphatic heterocycles.